The van der Waals surface area contributed by atoms with Crippen molar-refractivity contribution in [1.29, 1.82) is 0 Å². The van der Waals surface area contributed by atoms with Crippen LogP contribution in [0.3, 0.4) is 0 Å². The lowest BCUT2D eigenvalue weighted by molar-refractivity contribution is -0.137. The molecule has 0 spiro atoms. The highest BCUT2D eigenvalue weighted by Gasteiger charge is 2.30. The van der Waals surface area contributed by atoms with Crippen molar-refractivity contribution in [3.8, 4) is 0 Å². The molecular formula is C14H28ClN3O3S. The molecule has 2 rings (SSSR count). The first-order valence-electron chi connectivity index (χ1n) is 8.01. The Morgan fingerprint density at radius 3 is 2.50 bits per heavy atom. The zero-order valence-corrected chi connectivity index (χ0v) is 14.8. The number of hydrogen-bond donors (Lipinski definition) is 2. The Labute approximate surface area is 139 Å². The Bertz CT molecular complexity index is 444. The third-order valence-electron chi connectivity index (χ3n) is 4.27. The molecule has 0 saturated carbocycles. The lowest BCUT2D eigenvalue weighted by Gasteiger charge is -2.35. The largest absolute Gasteiger partial charge is 0.342 e. The van der Waals surface area contributed by atoms with E-state index in [-0.39, 0.29) is 36.0 Å². The molecule has 0 aromatic carbocycles. The number of nitrogens with zero attached hydrogens (tertiary/aromatic N) is 1. The average Bonchev–Trinajstić information content (AvgIpc) is 2.48. The molecule has 2 heterocycles. The SMILES string of the molecule is CCCS(=O)(=O)NC1CCN(C(=O)C2CCCNC2)CC1.Cl. The molecule has 0 aliphatic carbocycles. The summed E-state index contributed by atoms with van der Waals surface area (Å²) in [5.41, 5.74) is 0. The number of likely N-dealkylation sites (tertiary alicyclic amines) is 1. The molecule has 2 aliphatic heterocycles. The first kappa shape index (κ1) is 19.7. The lowest BCUT2D eigenvalue weighted by Crippen LogP contribution is -2.50. The number of nitrogens with one attached hydrogen (secondary N) is 2. The third-order valence-corrected chi connectivity index (χ3v) is 5.91. The van der Waals surface area contributed by atoms with Crippen molar-refractivity contribution in [3.05, 3.63) is 0 Å². The van der Waals surface area contributed by atoms with E-state index in [9.17, 15) is 13.2 Å². The van der Waals surface area contributed by atoms with Gasteiger partial charge < -0.3 is 10.2 Å². The van der Waals surface area contributed by atoms with Gasteiger partial charge in [0.2, 0.25) is 15.9 Å². The van der Waals surface area contributed by atoms with E-state index in [0.29, 0.717) is 19.5 Å². The van der Waals surface area contributed by atoms with Crippen molar-refractivity contribution in [2.45, 2.75) is 45.1 Å². The van der Waals surface area contributed by atoms with E-state index in [1.165, 1.54) is 0 Å². The number of carbonyl (C=O) groups excluding carboxylic acids is 1. The van der Waals surface area contributed by atoms with Crippen LogP contribution in [0.25, 0.3) is 0 Å². The number of piperidine rings is 2. The van der Waals surface area contributed by atoms with Crippen LogP contribution in [0.2, 0.25) is 0 Å². The van der Waals surface area contributed by atoms with Crippen LogP contribution in [-0.2, 0) is 14.8 Å². The molecule has 2 saturated heterocycles. The fourth-order valence-electron chi connectivity index (χ4n) is 3.12. The smallest absolute Gasteiger partial charge is 0.226 e. The highest BCUT2D eigenvalue weighted by atomic mass is 35.5. The van der Waals surface area contributed by atoms with Crippen LogP contribution in [0.15, 0.2) is 0 Å². The molecule has 1 unspecified atom stereocenters. The molecule has 1 amide bonds. The van der Waals surface area contributed by atoms with Crippen molar-refractivity contribution >= 4 is 28.3 Å². The summed E-state index contributed by atoms with van der Waals surface area (Å²) in [6.45, 7) is 4.97. The molecule has 130 valence electrons. The number of carbonyl (C=O) groups is 1. The van der Waals surface area contributed by atoms with Crippen molar-refractivity contribution in [3.63, 3.8) is 0 Å². The van der Waals surface area contributed by atoms with E-state index in [2.05, 4.69) is 10.0 Å². The molecule has 2 N–H and O–H groups in total. The molecule has 0 aromatic rings. The minimum absolute atomic E-state index is 0. The summed E-state index contributed by atoms with van der Waals surface area (Å²) >= 11 is 0. The average molecular weight is 354 g/mol. The molecule has 2 aliphatic rings. The Morgan fingerprint density at radius 1 is 1.27 bits per heavy atom. The van der Waals surface area contributed by atoms with Crippen molar-refractivity contribution in [2.75, 3.05) is 31.9 Å². The molecular weight excluding hydrogens is 326 g/mol. The number of amides is 1. The molecule has 6 nitrogen and oxygen atoms in total. The zero-order valence-electron chi connectivity index (χ0n) is 13.2. The molecule has 2 fully saturated rings. The zero-order chi connectivity index (χ0) is 15.3. The maximum Gasteiger partial charge on any atom is 0.226 e. The van der Waals surface area contributed by atoms with Gasteiger partial charge in [0.1, 0.15) is 0 Å². The predicted molar refractivity (Wildman–Crippen MR) is 89.7 cm³/mol. The van der Waals surface area contributed by atoms with Crippen molar-refractivity contribution in [2.24, 2.45) is 5.92 Å². The van der Waals surface area contributed by atoms with Crippen LogP contribution < -0.4 is 10.0 Å². The van der Waals surface area contributed by atoms with Gasteiger partial charge in [-0.1, -0.05) is 6.92 Å². The summed E-state index contributed by atoms with van der Waals surface area (Å²) in [4.78, 5) is 14.3. The lowest BCUT2D eigenvalue weighted by atomic mass is 9.96. The highest BCUT2D eigenvalue weighted by molar-refractivity contribution is 7.89. The van der Waals surface area contributed by atoms with Crippen LogP contribution in [0, 0.1) is 5.92 Å². The molecule has 0 aromatic heterocycles. The van der Waals surface area contributed by atoms with E-state index >= 15 is 0 Å². The van der Waals surface area contributed by atoms with Crippen molar-refractivity contribution < 1.29 is 13.2 Å². The number of hydrogen-bond acceptors (Lipinski definition) is 4. The van der Waals surface area contributed by atoms with Gasteiger partial charge in [-0.2, -0.15) is 0 Å². The molecule has 8 heteroatoms. The van der Waals surface area contributed by atoms with Gasteiger partial charge in [-0.05, 0) is 38.6 Å². The summed E-state index contributed by atoms with van der Waals surface area (Å²) in [7, 11) is -3.15. The maximum atomic E-state index is 12.4. The van der Waals surface area contributed by atoms with Gasteiger partial charge in [-0.3, -0.25) is 4.79 Å². The minimum atomic E-state index is -3.15. The summed E-state index contributed by atoms with van der Waals surface area (Å²) in [5, 5.41) is 3.27. The van der Waals surface area contributed by atoms with Gasteiger partial charge in [0.25, 0.3) is 0 Å². The first-order valence-corrected chi connectivity index (χ1v) is 9.66. The van der Waals surface area contributed by atoms with Gasteiger partial charge in [-0.15, -0.1) is 12.4 Å². The van der Waals surface area contributed by atoms with Crippen LogP contribution in [-0.4, -0.2) is 57.2 Å². The second kappa shape index (κ2) is 9.05. The third kappa shape index (κ3) is 5.68. The van der Waals surface area contributed by atoms with E-state index in [4.69, 9.17) is 0 Å². The Balaban J connectivity index is 0.00000242. The van der Waals surface area contributed by atoms with Crippen LogP contribution >= 0.6 is 12.4 Å². The van der Waals surface area contributed by atoms with E-state index in [1.807, 2.05) is 11.8 Å². The van der Waals surface area contributed by atoms with E-state index < -0.39 is 10.0 Å². The summed E-state index contributed by atoms with van der Waals surface area (Å²) in [6, 6.07) is -0.0184. The normalized spacial score (nSPS) is 23.9. The van der Waals surface area contributed by atoms with Crippen LogP contribution in [0.4, 0.5) is 0 Å². The minimum Gasteiger partial charge on any atom is -0.342 e. The van der Waals surface area contributed by atoms with Crippen molar-refractivity contribution in [1.82, 2.24) is 14.9 Å². The first-order chi connectivity index (χ1) is 10.0. The number of halogens is 1. The van der Waals surface area contributed by atoms with Gasteiger partial charge in [0, 0.05) is 25.7 Å². The number of rotatable bonds is 5. The second-order valence-corrected chi connectivity index (χ2v) is 7.95. The predicted octanol–water partition coefficient (Wildman–Crippen LogP) is 0.728. The van der Waals surface area contributed by atoms with Gasteiger partial charge in [0.05, 0.1) is 11.7 Å². The fraction of sp³-hybridized carbons (Fsp3) is 0.929. The van der Waals surface area contributed by atoms with E-state index in [1.54, 1.807) is 0 Å². The van der Waals surface area contributed by atoms with Gasteiger partial charge >= 0.3 is 0 Å². The highest BCUT2D eigenvalue weighted by Crippen LogP contribution is 2.18. The van der Waals surface area contributed by atoms with Gasteiger partial charge in [-0.25, -0.2) is 13.1 Å². The Hall–Kier alpha value is -0.370. The topological polar surface area (TPSA) is 78.5 Å². The monoisotopic (exact) mass is 353 g/mol. The van der Waals surface area contributed by atoms with E-state index in [0.717, 1.165) is 38.8 Å². The Morgan fingerprint density at radius 2 is 1.95 bits per heavy atom. The second-order valence-electron chi connectivity index (χ2n) is 6.08. The molecule has 0 bridgehead atoms. The number of sulfonamides is 1. The molecule has 1 atom stereocenters. The quantitative estimate of drug-likeness (QED) is 0.763. The molecule has 0 radical (unpaired) electrons. The molecule has 22 heavy (non-hydrogen) atoms. The Kier molecular flexibility index (Phi) is 8.10. The maximum absolute atomic E-state index is 12.4. The van der Waals surface area contributed by atoms with Crippen LogP contribution in [0.5, 0.6) is 0 Å². The fourth-order valence-corrected chi connectivity index (χ4v) is 4.52. The summed E-state index contributed by atoms with van der Waals surface area (Å²) in [6.07, 6.45) is 4.09. The van der Waals surface area contributed by atoms with Gasteiger partial charge in [0.15, 0.2) is 0 Å². The van der Waals surface area contributed by atoms with Crippen LogP contribution in [0.1, 0.15) is 39.0 Å². The summed E-state index contributed by atoms with van der Waals surface area (Å²) in [5.74, 6) is 0.518. The standard InChI is InChI=1S/C14H27N3O3S.ClH/c1-2-10-21(19,20)16-13-5-8-17(9-6-13)14(18)12-4-3-7-15-11-12;/h12-13,15-16H,2-11H2,1H3;1H. The summed E-state index contributed by atoms with van der Waals surface area (Å²) < 4.78 is 26.3.